The summed E-state index contributed by atoms with van der Waals surface area (Å²) in [5.74, 6) is -2.32. The second-order valence-corrected chi connectivity index (χ2v) is 29.9. The summed E-state index contributed by atoms with van der Waals surface area (Å²) in [7, 11) is -3.01. The number of rotatable bonds is 5. The standard InChI is InChI=1S/C11H18O3.C10H18O2.C10H20O.C10H22.C8H18O2S.2B/c1-10(2,3)8(13)7(12)9(14)11(4,5)6;1-9(2,3)7(11)8(12)10(4,5)6;1-9(2,3)7-8(11)10(4,5)6;1-9(2,3)7-8-10(4,5)6;1-7(2,3)11(9,10)8(4,5)6;;/h1-6H3;1-6H3;7H2,1-6H3;7-8H2,1-6H3;1-6H3;;. The third kappa shape index (κ3) is 34.7. The molecular formula is C49H96B2O8S. The number of carbonyl (C=O) groups excluding carboxylic acids is 6. The van der Waals surface area contributed by atoms with Gasteiger partial charge in [0.1, 0.15) is 5.78 Å². The Morgan fingerprint density at radius 2 is 0.517 bits per heavy atom. The molecule has 0 aliphatic rings. The molecule has 0 aromatic rings. The molecule has 0 fully saturated rings. The maximum Gasteiger partial charge on any atom is 0.265 e. The van der Waals surface area contributed by atoms with E-state index in [0.717, 1.165) is 0 Å². The zero-order chi connectivity index (χ0) is 49.1. The van der Waals surface area contributed by atoms with Crippen LogP contribution in [0.5, 0.6) is 0 Å². The quantitative estimate of drug-likeness (QED) is 0.151. The molecular weight excluding hydrogens is 770 g/mol. The summed E-state index contributed by atoms with van der Waals surface area (Å²) in [5.41, 5.74) is -1.69. The summed E-state index contributed by atoms with van der Waals surface area (Å²) in [6.45, 7) is 56.8. The molecule has 0 rings (SSSR count). The van der Waals surface area contributed by atoms with E-state index in [9.17, 15) is 37.2 Å². The molecule has 0 N–H and O–H groups in total. The normalized spacial score (nSPS) is 13.0. The Kier molecular flexibility index (Phi) is 30.0. The maximum atomic E-state index is 11.7. The van der Waals surface area contributed by atoms with E-state index in [1.165, 1.54) is 12.8 Å². The zero-order valence-electron chi connectivity index (χ0n) is 45.0. The van der Waals surface area contributed by atoms with Gasteiger partial charge in [-0.1, -0.05) is 166 Å². The lowest BCUT2D eigenvalue weighted by Crippen LogP contribution is -2.41. The van der Waals surface area contributed by atoms with Crippen LogP contribution in [-0.4, -0.2) is 69.4 Å². The van der Waals surface area contributed by atoms with Gasteiger partial charge in [-0.25, -0.2) is 8.42 Å². The van der Waals surface area contributed by atoms with Crippen molar-refractivity contribution in [3.63, 3.8) is 0 Å². The van der Waals surface area contributed by atoms with Crippen molar-refractivity contribution in [3.05, 3.63) is 0 Å². The third-order valence-electron chi connectivity index (χ3n) is 8.11. The fourth-order valence-electron chi connectivity index (χ4n) is 3.88. The van der Waals surface area contributed by atoms with E-state index in [-0.39, 0.29) is 39.2 Å². The summed E-state index contributed by atoms with van der Waals surface area (Å²) in [6, 6.07) is 0. The number of sulfone groups is 1. The van der Waals surface area contributed by atoms with E-state index < -0.39 is 58.3 Å². The molecule has 0 aliphatic heterocycles. The molecule has 0 aromatic heterocycles. The lowest BCUT2D eigenvalue weighted by Gasteiger charge is -2.29. The molecule has 0 atom stereocenters. The SMILES string of the molecule is CC(C)(C)C(=O)C(=O)C(=O)C(C)(C)C.CC(C)(C)C(=O)C(=O)C(C)(C)C.CC(C)(C)CC(=O)C(C)(C)C.CC(C)(C)CCC(C)(C)C.CC(C)(C)S(=O)(=O)C(C)(C)C.[B].[B]. The van der Waals surface area contributed by atoms with Crippen molar-refractivity contribution in [2.45, 2.75) is 236 Å². The smallest absolute Gasteiger partial charge is 0.265 e. The van der Waals surface area contributed by atoms with Gasteiger partial charge in [0.2, 0.25) is 23.1 Å². The van der Waals surface area contributed by atoms with Crippen LogP contribution in [0.15, 0.2) is 0 Å². The molecule has 60 heavy (non-hydrogen) atoms. The van der Waals surface area contributed by atoms with Crippen molar-refractivity contribution in [1.29, 1.82) is 0 Å². The zero-order valence-corrected chi connectivity index (χ0v) is 45.8. The van der Waals surface area contributed by atoms with Crippen molar-refractivity contribution >= 4 is 61.4 Å². The highest BCUT2D eigenvalue weighted by atomic mass is 32.2. The molecule has 0 amide bonds. The fraction of sp³-hybridized carbons (Fsp3) is 0.878. The first kappa shape index (κ1) is 72.5. The Balaban J connectivity index is -0.000000117. The molecule has 0 unspecified atom stereocenters. The van der Waals surface area contributed by atoms with E-state index >= 15 is 0 Å². The van der Waals surface area contributed by atoms with Gasteiger partial charge in [-0.3, -0.25) is 28.8 Å². The first-order chi connectivity index (χ1) is 24.4. The van der Waals surface area contributed by atoms with Crippen LogP contribution in [0.2, 0.25) is 0 Å². The molecule has 0 saturated carbocycles. The summed E-state index contributed by atoms with van der Waals surface area (Å²) >= 11 is 0. The van der Waals surface area contributed by atoms with Gasteiger partial charge in [0.05, 0.1) is 9.49 Å². The van der Waals surface area contributed by atoms with E-state index in [4.69, 9.17) is 0 Å². The number of Topliss-reactive ketones (excluding diaryl/α,β-unsaturated/α-hetero) is 6. The van der Waals surface area contributed by atoms with Crippen molar-refractivity contribution in [1.82, 2.24) is 0 Å². The number of hydrogen-bond donors (Lipinski definition) is 0. The van der Waals surface area contributed by atoms with Crippen molar-refractivity contribution in [3.8, 4) is 0 Å². The molecule has 0 spiro atoms. The van der Waals surface area contributed by atoms with E-state index in [1.54, 1.807) is 125 Å². The van der Waals surface area contributed by atoms with Crippen molar-refractivity contribution in [2.24, 2.45) is 43.3 Å². The van der Waals surface area contributed by atoms with Gasteiger partial charge in [-0.15, -0.1) is 0 Å². The van der Waals surface area contributed by atoms with Crippen LogP contribution in [0.4, 0.5) is 0 Å². The van der Waals surface area contributed by atoms with Gasteiger partial charge in [0, 0.05) is 50.3 Å². The highest BCUT2D eigenvalue weighted by Crippen LogP contribution is 2.30. The van der Waals surface area contributed by atoms with Gasteiger partial charge in [-0.05, 0) is 70.6 Å². The predicted octanol–water partition coefficient (Wildman–Crippen LogP) is 12.1. The molecule has 352 valence electrons. The van der Waals surface area contributed by atoms with Gasteiger partial charge >= 0.3 is 0 Å². The van der Waals surface area contributed by atoms with Crippen LogP contribution in [-0.2, 0) is 38.6 Å². The van der Waals surface area contributed by atoms with Crippen LogP contribution >= 0.6 is 0 Å². The molecule has 0 aromatic carbocycles. The second-order valence-electron chi connectivity index (χ2n) is 26.4. The summed E-state index contributed by atoms with van der Waals surface area (Å²) < 4.78 is 22.1. The lowest BCUT2D eigenvalue weighted by atomic mass is 9.79. The van der Waals surface area contributed by atoms with E-state index in [2.05, 4.69) is 62.3 Å². The monoisotopic (exact) mass is 867 g/mol. The van der Waals surface area contributed by atoms with Crippen LogP contribution < -0.4 is 0 Å². The van der Waals surface area contributed by atoms with Gasteiger partial charge in [0.25, 0.3) is 5.78 Å². The fourth-order valence-corrected chi connectivity index (χ4v) is 5.72. The molecule has 11 heteroatoms. The Morgan fingerprint density at radius 1 is 0.317 bits per heavy atom. The molecule has 0 heterocycles. The Morgan fingerprint density at radius 3 is 0.600 bits per heavy atom. The highest BCUT2D eigenvalue weighted by Gasteiger charge is 2.40. The number of carbonyl (C=O) groups is 6. The van der Waals surface area contributed by atoms with Crippen molar-refractivity contribution < 1.29 is 37.2 Å². The molecule has 0 bridgehead atoms. The highest BCUT2D eigenvalue weighted by molar-refractivity contribution is 7.94. The summed E-state index contributed by atoms with van der Waals surface area (Å²) in [4.78, 5) is 68.8. The Hall–Kier alpha value is -1.90. The molecule has 0 aliphatic carbocycles. The number of hydrogen-bond acceptors (Lipinski definition) is 8. The molecule has 0 saturated heterocycles. The third-order valence-corrected chi connectivity index (χ3v) is 11.3. The summed E-state index contributed by atoms with van der Waals surface area (Å²) in [6.07, 6.45) is 3.34. The first-order valence-corrected chi connectivity index (χ1v) is 22.4. The topological polar surface area (TPSA) is 137 Å². The minimum atomic E-state index is -3.01. The number of ketones is 6. The van der Waals surface area contributed by atoms with E-state index in [0.29, 0.717) is 23.0 Å². The van der Waals surface area contributed by atoms with Crippen LogP contribution in [0, 0.1) is 43.3 Å². The Bertz CT molecular complexity index is 1380. The van der Waals surface area contributed by atoms with Gasteiger partial charge in [-0.2, -0.15) is 0 Å². The second kappa shape index (κ2) is 24.8. The van der Waals surface area contributed by atoms with Crippen LogP contribution in [0.3, 0.4) is 0 Å². The Labute approximate surface area is 377 Å². The minimum Gasteiger partial charge on any atom is -0.299 e. The van der Waals surface area contributed by atoms with Crippen LogP contribution in [0.1, 0.15) is 227 Å². The largest absolute Gasteiger partial charge is 0.299 e. The van der Waals surface area contributed by atoms with Gasteiger partial charge in [0.15, 0.2) is 9.84 Å². The average Bonchev–Trinajstić information content (AvgIpc) is 2.90. The molecule has 6 radical (unpaired) electrons. The lowest BCUT2D eigenvalue weighted by molar-refractivity contribution is -0.149. The maximum absolute atomic E-state index is 11.7. The first-order valence-electron chi connectivity index (χ1n) is 20.9. The molecule has 8 nitrogen and oxygen atoms in total. The average molecular weight is 867 g/mol. The van der Waals surface area contributed by atoms with Crippen LogP contribution in [0.25, 0.3) is 0 Å². The minimum absolute atomic E-state index is 0. The van der Waals surface area contributed by atoms with Gasteiger partial charge < -0.3 is 0 Å². The van der Waals surface area contributed by atoms with E-state index in [1.807, 2.05) is 20.8 Å². The van der Waals surface area contributed by atoms with Crippen molar-refractivity contribution in [2.75, 3.05) is 0 Å². The summed E-state index contributed by atoms with van der Waals surface area (Å²) in [5, 5.41) is 0. The predicted molar refractivity (Wildman–Crippen MR) is 259 cm³/mol.